The number of carbonyl (C=O) groups excluding carboxylic acids is 2. The molecule has 0 saturated carbocycles. The molecule has 0 saturated heterocycles. The van der Waals surface area contributed by atoms with Crippen molar-refractivity contribution >= 4 is 39.1 Å². The summed E-state index contributed by atoms with van der Waals surface area (Å²) in [5, 5.41) is 2.16. The van der Waals surface area contributed by atoms with E-state index in [0.717, 1.165) is 17.7 Å². The van der Waals surface area contributed by atoms with Crippen molar-refractivity contribution in [1.82, 2.24) is 10.2 Å². The minimum atomic E-state index is -4.88. The van der Waals surface area contributed by atoms with E-state index in [1.165, 1.54) is 36.1 Å². The van der Waals surface area contributed by atoms with E-state index in [1.807, 2.05) is 32.9 Å². The molecule has 0 spiro atoms. The van der Waals surface area contributed by atoms with Gasteiger partial charge in [-0.3, -0.25) is 13.9 Å². The van der Waals surface area contributed by atoms with E-state index in [-0.39, 0.29) is 17.4 Å². The highest BCUT2D eigenvalue weighted by Crippen LogP contribution is 2.38. The zero-order chi connectivity index (χ0) is 31.2. The van der Waals surface area contributed by atoms with Crippen molar-refractivity contribution in [2.24, 2.45) is 5.92 Å². The van der Waals surface area contributed by atoms with Crippen LogP contribution in [0.2, 0.25) is 5.02 Å². The van der Waals surface area contributed by atoms with Crippen molar-refractivity contribution in [2.75, 3.05) is 17.4 Å². The van der Waals surface area contributed by atoms with Crippen LogP contribution in [0.4, 0.5) is 18.9 Å². The Hall–Kier alpha value is -3.57. The second-order valence-corrected chi connectivity index (χ2v) is 12.6. The van der Waals surface area contributed by atoms with E-state index in [9.17, 15) is 31.2 Å². The Labute approximate surface area is 249 Å². The van der Waals surface area contributed by atoms with E-state index < -0.39 is 56.9 Å². The van der Waals surface area contributed by atoms with Gasteiger partial charge < -0.3 is 10.2 Å². The number of hydrogen-bond acceptors (Lipinski definition) is 4. The quantitative estimate of drug-likeness (QED) is 0.282. The smallest absolute Gasteiger partial charge is 0.354 e. The number of aryl methyl sites for hydroxylation is 1. The van der Waals surface area contributed by atoms with Gasteiger partial charge >= 0.3 is 6.18 Å². The van der Waals surface area contributed by atoms with Gasteiger partial charge in [0.1, 0.15) is 12.6 Å². The number of nitrogens with zero attached hydrogens (tertiary/aromatic N) is 2. The topological polar surface area (TPSA) is 86.8 Å². The molecule has 7 nitrogen and oxygen atoms in total. The second kappa shape index (κ2) is 13.6. The lowest BCUT2D eigenvalue weighted by atomic mass is 10.1. The second-order valence-electron chi connectivity index (χ2n) is 10.3. The van der Waals surface area contributed by atoms with E-state index in [4.69, 9.17) is 11.6 Å². The molecule has 0 aliphatic carbocycles. The predicted molar refractivity (Wildman–Crippen MR) is 156 cm³/mol. The van der Waals surface area contributed by atoms with Gasteiger partial charge in [-0.25, -0.2) is 8.42 Å². The molecule has 0 unspecified atom stereocenters. The summed E-state index contributed by atoms with van der Waals surface area (Å²) in [5.74, 6) is -1.10. The molecule has 0 radical (unpaired) electrons. The number of rotatable bonds is 11. The Bertz CT molecular complexity index is 1500. The van der Waals surface area contributed by atoms with Crippen LogP contribution in [-0.4, -0.2) is 44.3 Å². The van der Waals surface area contributed by atoms with Gasteiger partial charge in [0.2, 0.25) is 11.8 Å². The summed E-state index contributed by atoms with van der Waals surface area (Å²) in [6.07, 6.45) is -4.88. The number of amides is 2. The predicted octanol–water partition coefficient (Wildman–Crippen LogP) is 6.05. The first-order valence-electron chi connectivity index (χ1n) is 13.2. The van der Waals surface area contributed by atoms with Crippen molar-refractivity contribution in [3.05, 3.63) is 94.5 Å². The summed E-state index contributed by atoms with van der Waals surface area (Å²) in [6, 6.07) is 15.9. The highest BCUT2D eigenvalue weighted by molar-refractivity contribution is 7.92. The van der Waals surface area contributed by atoms with Crippen LogP contribution in [0.25, 0.3) is 0 Å². The van der Waals surface area contributed by atoms with Gasteiger partial charge in [0.05, 0.1) is 21.2 Å². The summed E-state index contributed by atoms with van der Waals surface area (Å²) in [4.78, 5) is 27.9. The van der Waals surface area contributed by atoms with E-state index in [0.29, 0.717) is 22.5 Å². The lowest BCUT2D eigenvalue weighted by molar-refractivity contribution is -0.139. The summed E-state index contributed by atoms with van der Waals surface area (Å²) < 4.78 is 69.3. The highest BCUT2D eigenvalue weighted by Gasteiger charge is 2.37. The first-order valence-corrected chi connectivity index (χ1v) is 15.0. The van der Waals surface area contributed by atoms with E-state index in [1.54, 1.807) is 18.2 Å². The van der Waals surface area contributed by atoms with Gasteiger partial charge in [-0.2, -0.15) is 13.2 Å². The van der Waals surface area contributed by atoms with Crippen LogP contribution in [0.3, 0.4) is 0 Å². The summed E-state index contributed by atoms with van der Waals surface area (Å²) >= 11 is 5.80. The summed E-state index contributed by atoms with van der Waals surface area (Å²) in [6.45, 7) is 6.67. The van der Waals surface area contributed by atoms with Crippen LogP contribution in [0.5, 0.6) is 0 Å². The average Bonchev–Trinajstić information content (AvgIpc) is 2.94. The highest BCUT2D eigenvalue weighted by atomic mass is 35.5. The zero-order valence-electron chi connectivity index (χ0n) is 23.7. The SMILES string of the molecule is Cc1ccc(CN(C(=O)CN(c2ccc(Cl)c(C(F)(F)F)c2)S(=O)(=O)c2ccccc2)[C@H](C)C(=O)NCC(C)C)cc1. The molecule has 226 valence electrons. The molecular formula is C30H33ClF3N3O4S. The van der Waals surface area contributed by atoms with Gasteiger partial charge in [0.25, 0.3) is 10.0 Å². The van der Waals surface area contributed by atoms with Crippen LogP contribution in [-0.2, 0) is 32.3 Å². The fourth-order valence-electron chi connectivity index (χ4n) is 4.06. The molecule has 0 heterocycles. The first kappa shape index (κ1) is 32.9. The maximum Gasteiger partial charge on any atom is 0.417 e. The molecule has 12 heteroatoms. The number of hydrogen-bond donors (Lipinski definition) is 1. The molecule has 0 bridgehead atoms. The van der Waals surface area contributed by atoms with Gasteiger partial charge in [-0.15, -0.1) is 0 Å². The number of sulfonamides is 1. The molecule has 1 atom stereocenters. The Balaban J connectivity index is 2.08. The van der Waals surface area contributed by atoms with Crippen molar-refractivity contribution in [1.29, 1.82) is 0 Å². The molecule has 1 N–H and O–H groups in total. The molecular weight excluding hydrogens is 591 g/mol. The van der Waals surface area contributed by atoms with Crippen molar-refractivity contribution < 1.29 is 31.2 Å². The number of nitrogens with one attached hydrogen (secondary N) is 1. The van der Waals surface area contributed by atoms with Crippen LogP contribution in [0, 0.1) is 12.8 Å². The van der Waals surface area contributed by atoms with Crippen LogP contribution >= 0.6 is 11.6 Å². The van der Waals surface area contributed by atoms with Crippen molar-refractivity contribution in [2.45, 2.75) is 51.4 Å². The van der Waals surface area contributed by atoms with Crippen molar-refractivity contribution in [3.8, 4) is 0 Å². The summed E-state index contributed by atoms with van der Waals surface area (Å²) in [7, 11) is -4.53. The maximum absolute atomic E-state index is 13.9. The van der Waals surface area contributed by atoms with Gasteiger partial charge in [0.15, 0.2) is 0 Å². The normalized spacial score (nSPS) is 12.6. The number of alkyl halides is 3. The number of benzene rings is 3. The van der Waals surface area contributed by atoms with E-state index in [2.05, 4.69) is 5.32 Å². The molecule has 42 heavy (non-hydrogen) atoms. The lowest BCUT2D eigenvalue weighted by Crippen LogP contribution is -2.51. The standard InChI is InChI=1S/C30H33ClF3N3O4S/c1-20(2)17-35-29(39)22(4)36(18-23-12-10-21(3)11-13-23)28(38)19-37(42(40,41)25-8-6-5-7-9-25)24-14-15-27(31)26(16-24)30(32,33)34/h5-16,20,22H,17-19H2,1-4H3,(H,35,39)/t22-/m1/s1. The van der Waals surface area contributed by atoms with E-state index >= 15 is 0 Å². The Morgan fingerprint density at radius 3 is 2.14 bits per heavy atom. The molecule has 0 fully saturated rings. The third-order valence-electron chi connectivity index (χ3n) is 6.48. The fraction of sp³-hybridized carbons (Fsp3) is 0.333. The van der Waals surface area contributed by atoms with Crippen molar-refractivity contribution in [3.63, 3.8) is 0 Å². The number of anilines is 1. The number of carbonyl (C=O) groups is 2. The van der Waals surface area contributed by atoms with Crippen LogP contribution < -0.4 is 9.62 Å². The average molecular weight is 624 g/mol. The molecule has 0 aliphatic rings. The number of halogens is 4. The third-order valence-corrected chi connectivity index (χ3v) is 8.60. The van der Waals surface area contributed by atoms with Gasteiger partial charge in [0, 0.05) is 13.1 Å². The fourth-order valence-corrected chi connectivity index (χ4v) is 5.71. The van der Waals surface area contributed by atoms with Crippen LogP contribution in [0.1, 0.15) is 37.5 Å². The molecule has 3 rings (SSSR count). The largest absolute Gasteiger partial charge is 0.417 e. The van der Waals surface area contributed by atoms with Gasteiger partial charge in [-0.05, 0) is 55.7 Å². The third kappa shape index (κ3) is 8.25. The Kier molecular flexibility index (Phi) is 10.7. The minimum Gasteiger partial charge on any atom is -0.354 e. The monoisotopic (exact) mass is 623 g/mol. The molecule has 0 aliphatic heterocycles. The zero-order valence-corrected chi connectivity index (χ0v) is 25.2. The Morgan fingerprint density at radius 2 is 1.57 bits per heavy atom. The Morgan fingerprint density at radius 1 is 0.952 bits per heavy atom. The molecule has 3 aromatic carbocycles. The van der Waals surface area contributed by atoms with Gasteiger partial charge in [-0.1, -0.05) is 73.5 Å². The minimum absolute atomic E-state index is 0.0387. The maximum atomic E-state index is 13.9. The molecule has 2 amide bonds. The first-order chi connectivity index (χ1) is 19.6. The van der Waals surface area contributed by atoms with Crippen LogP contribution in [0.15, 0.2) is 77.7 Å². The lowest BCUT2D eigenvalue weighted by Gasteiger charge is -2.32. The summed E-state index contributed by atoms with van der Waals surface area (Å²) in [5.41, 5.74) is -0.0000820. The molecule has 0 aromatic heterocycles. The molecule has 3 aromatic rings.